The third kappa shape index (κ3) is 2.66. The molecule has 0 aliphatic rings. The lowest BCUT2D eigenvalue weighted by Crippen LogP contribution is -2.04. The van der Waals surface area contributed by atoms with Gasteiger partial charge in [0, 0.05) is 13.6 Å². The first-order valence-electron chi connectivity index (χ1n) is 4.46. The van der Waals surface area contributed by atoms with Gasteiger partial charge in [0.1, 0.15) is 11.6 Å². The number of nitrogens with zero attached hydrogens (tertiary/aromatic N) is 1. The normalized spacial score (nSPS) is 10.0. The first kappa shape index (κ1) is 11.4. The molecule has 0 unspecified atom stereocenters. The van der Waals surface area contributed by atoms with Gasteiger partial charge in [-0.2, -0.15) is 0 Å². The Labute approximate surface area is 93.8 Å². The molecule has 0 fully saturated rings. The average molecular weight is 234 g/mol. The topological polar surface area (TPSA) is 37.0 Å². The number of anilines is 2. The Morgan fingerprint density at radius 2 is 1.93 bits per heavy atom. The van der Waals surface area contributed by atoms with E-state index < -0.39 is 0 Å². The number of aromatic nitrogens is 1. The first-order chi connectivity index (χ1) is 6.69. The molecule has 0 saturated carbocycles. The number of rotatable bonds is 4. The molecule has 0 spiro atoms. The zero-order chi connectivity index (χ0) is 10.6. The van der Waals surface area contributed by atoms with Crippen LogP contribution in [0.4, 0.5) is 11.6 Å². The molecular weight excluding hydrogens is 221 g/mol. The van der Waals surface area contributed by atoms with Crippen LogP contribution in [0.15, 0.2) is 6.07 Å². The maximum Gasteiger partial charge on any atom is 0.147 e. The largest absolute Gasteiger partial charge is 0.372 e. The van der Waals surface area contributed by atoms with Crippen LogP contribution in [-0.4, -0.2) is 18.6 Å². The molecule has 78 valence electrons. The van der Waals surface area contributed by atoms with Crippen LogP contribution in [0.25, 0.3) is 0 Å². The monoisotopic (exact) mass is 233 g/mol. The van der Waals surface area contributed by atoms with E-state index in [1.54, 1.807) is 13.1 Å². The van der Waals surface area contributed by atoms with E-state index in [0.29, 0.717) is 21.7 Å². The predicted molar refractivity (Wildman–Crippen MR) is 62.6 cm³/mol. The van der Waals surface area contributed by atoms with Crippen molar-refractivity contribution in [1.29, 1.82) is 0 Å². The van der Waals surface area contributed by atoms with Crippen molar-refractivity contribution < 1.29 is 0 Å². The maximum absolute atomic E-state index is 5.96. The fourth-order valence-electron chi connectivity index (χ4n) is 1.01. The van der Waals surface area contributed by atoms with Gasteiger partial charge in [-0.05, 0) is 12.5 Å². The van der Waals surface area contributed by atoms with E-state index in [1.807, 2.05) is 0 Å². The summed E-state index contributed by atoms with van der Waals surface area (Å²) in [6.07, 6.45) is 1.02. The highest BCUT2D eigenvalue weighted by atomic mass is 35.5. The molecule has 0 radical (unpaired) electrons. The Balaban J connectivity index is 2.92. The van der Waals surface area contributed by atoms with Gasteiger partial charge in [-0.3, -0.25) is 0 Å². The second-order valence-electron chi connectivity index (χ2n) is 2.83. The lowest BCUT2D eigenvalue weighted by molar-refractivity contribution is 0.969. The lowest BCUT2D eigenvalue weighted by Gasteiger charge is -2.09. The van der Waals surface area contributed by atoms with Gasteiger partial charge in [-0.15, -0.1) is 0 Å². The highest BCUT2D eigenvalue weighted by Crippen LogP contribution is 2.28. The van der Waals surface area contributed by atoms with Gasteiger partial charge >= 0.3 is 0 Å². The highest BCUT2D eigenvalue weighted by Gasteiger charge is 2.07. The number of pyridine rings is 1. The van der Waals surface area contributed by atoms with Gasteiger partial charge in [0.05, 0.1) is 10.0 Å². The third-order valence-electron chi connectivity index (χ3n) is 1.71. The molecule has 1 heterocycles. The van der Waals surface area contributed by atoms with Crippen molar-refractivity contribution in [3.63, 3.8) is 0 Å². The molecule has 0 aliphatic carbocycles. The molecular formula is C9H13Cl2N3. The van der Waals surface area contributed by atoms with Crippen LogP contribution < -0.4 is 10.6 Å². The van der Waals surface area contributed by atoms with Gasteiger partial charge in [-0.1, -0.05) is 30.1 Å². The molecule has 3 nitrogen and oxygen atoms in total. The fourth-order valence-corrected chi connectivity index (χ4v) is 1.53. The van der Waals surface area contributed by atoms with Crippen molar-refractivity contribution in [3.05, 3.63) is 16.1 Å². The van der Waals surface area contributed by atoms with Crippen LogP contribution >= 0.6 is 23.2 Å². The Hall–Kier alpha value is -0.670. The van der Waals surface area contributed by atoms with Crippen LogP contribution in [0.2, 0.25) is 10.0 Å². The van der Waals surface area contributed by atoms with E-state index in [-0.39, 0.29) is 0 Å². The SMILES string of the molecule is CCCNc1nc(NC)c(Cl)cc1Cl. The van der Waals surface area contributed by atoms with Crippen LogP contribution in [0.5, 0.6) is 0 Å². The van der Waals surface area contributed by atoms with Gasteiger partial charge in [0.15, 0.2) is 0 Å². The van der Waals surface area contributed by atoms with Crippen LogP contribution in [0.1, 0.15) is 13.3 Å². The molecule has 1 aromatic heterocycles. The van der Waals surface area contributed by atoms with E-state index in [4.69, 9.17) is 23.2 Å². The van der Waals surface area contributed by atoms with Gasteiger partial charge in [0.2, 0.25) is 0 Å². The summed E-state index contributed by atoms with van der Waals surface area (Å²) in [5.74, 6) is 1.30. The summed E-state index contributed by atoms with van der Waals surface area (Å²) in [6, 6.07) is 1.68. The Bertz CT molecular complexity index is 315. The first-order valence-corrected chi connectivity index (χ1v) is 5.22. The number of halogens is 2. The summed E-state index contributed by atoms with van der Waals surface area (Å²) in [6.45, 7) is 2.92. The van der Waals surface area contributed by atoms with Crippen molar-refractivity contribution in [3.8, 4) is 0 Å². The van der Waals surface area contributed by atoms with E-state index >= 15 is 0 Å². The molecule has 0 bridgehead atoms. The Morgan fingerprint density at radius 3 is 2.50 bits per heavy atom. The molecule has 14 heavy (non-hydrogen) atoms. The molecule has 0 atom stereocenters. The van der Waals surface area contributed by atoms with Crippen LogP contribution in [-0.2, 0) is 0 Å². The van der Waals surface area contributed by atoms with E-state index in [0.717, 1.165) is 13.0 Å². The van der Waals surface area contributed by atoms with Gasteiger partial charge in [-0.25, -0.2) is 4.98 Å². The molecule has 0 aliphatic heterocycles. The van der Waals surface area contributed by atoms with Crippen molar-refractivity contribution in [1.82, 2.24) is 4.98 Å². The molecule has 0 amide bonds. The van der Waals surface area contributed by atoms with E-state index in [2.05, 4.69) is 22.5 Å². The number of nitrogens with one attached hydrogen (secondary N) is 2. The second-order valence-corrected chi connectivity index (χ2v) is 3.64. The van der Waals surface area contributed by atoms with Gasteiger partial charge < -0.3 is 10.6 Å². The maximum atomic E-state index is 5.96. The molecule has 5 heteroatoms. The zero-order valence-corrected chi connectivity index (χ0v) is 9.71. The number of hydrogen-bond donors (Lipinski definition) is 2. The summed E-state index contributed by atoms with van der Waals surface area (Å²) < 4.78 is 0. The van der Waals surface area contributed by atoms with Crippen molar-refractivity contribution in [2.75, 3.05) is 24.2 Å². The average Bonchev–Trinajstić information content (AvgIpc) is 2.17. The van der Waals surface area contributed by atoms with Crippen molar-refractivity contribution >= 4 is 34.8 Å². The fraction of sp³-hybridized carbons (Fsp3) is 0.444. The smallest absolute Gasteiger partial charge is 0.147 e. The minimum atomic E-state index is 0.527. The predicted octanol–water partition coefficient (Wildman–Crippen LogP) is 3.25. The lowest BCUT2D eigenvalue weighted by atomic mass is 10.4. The molecule has 1 rings (SSSR count). The number of hydrogen-bond acceptors (Lipinski definition) is 3. The molecule has 0 aromatic carbocycles. The van der Waals surface area contributed by atoms with Crippen LogP contribution in [0, 0.1) is 0 Å². The molecule has 2 N–H and O–H groups in total. The second kappa shape index (κ2) is 5.27. The van der Waals surface area contributed by atoms with E-state index in [1.165, 1.54) is 0 Å². The summed E-state index contributed by atoms with van der Waals surface area (Å²) in [5, 5.41) is 7.09. The third-order valence-corrected chi connectivity index (χ3v) is 2.28. The summed E-state index contributed by atoms with van der Waals surface area (Å²) in [5.41, 5.74) is 0. The summed E-state index contributed by atoms with van der Waals surface area (Å²) in [4.78, 5) is 4.24. The van der Waals surface area contributed by atoms with E-state index in [9.17, 15) is 0 Å². The minimum absolute atomic E-state index is 0.527. The van der Waals surface area contributed by atoms with Crippen molar-refractivity contribution in [2.45, 2.75) is 13.3 Å². The van der Waals surface area contributed by atoms with Gasteiger partial charge in [0.25, 0.3) is 0 Å². The highest BCUT2D eigenvalue weighted by molar-refractivity contribution is 6.37. The Morgan fingerprint density at radius 1 is 1.29 bits per heavy atom. The zero-order valence-electron chi connectivity index (χ0n) is 8.19. The summed E-state index contributed by atoms with van der Waals surface area (Å²) >= 11 is 11.9. The van der Waals surface area contributed by atoms with Crippen molar-refractivity contribution in [2.24, 2.45) is 0 Å². The standard InChI is InChI=1S/C9H13Cl2N3/c1-3-4-13-9-7(11)5-6(10)8(12-2)14-9/h5H,3-4H2,1-2H3,(H2,12,13,14). The molecule has 1 aromatic rings. The quantitative estimate of drug-likeness (QED) is 0.839. The van der Waals surface area contributed by atoms with Crippen LogP contribution in [0.3, 0.4) is 0 Å². The Kier molecular flexibility index (Phi) is 4.29. The summed E-state index contributed by atoms with van der Waals surface area (Å²) in [7, 11) is 1.77. The molecule has 0 saturated heterocycles. The minimum Gasteiger partial charge on any atom is -0.372 e.